The molecule has 2 bridgehead atoms. The van der Waals surface area contributed by atoms with Crippen molar-refractivity contribution < 1.29 is 14.4 Å². The Morgan fingerprint density at radius 1 is 0.800 bits per heavy atom. The van der Waals surface area contributed by atoms with Crippen molar-refractivity contribution in [3.05, 3.63) is 89.8 Å². The van der Waals surface area contributed by atoms with Crippen molar-refractivity contribution in [3.8, 4) is 0 Å². The maximum atomic E-state index is 13.4. The summed E-state index contributed by atoms with van der Waals surface area (Å²) >= 11 is 0. The topological polar surface area (TPSA) is 79.4 Å². The van der Waals surface area contributed by atoms with Gasteiger partial charge in [-0.25, -0.2) is 0 Å². The fourth-order valence-corrected chi connectivity index (χ4v) is 6.01. The van der Waals surface area contributed by atoms with E-state index in [1.54, 1.807) is 12.1 Å². The van der Waals surface area contributed by atoms with E-state index in [1.165, 1.54) is 12.4 Å². The summed E-state index contributed by atoms with van der Waals surface area (Å²) in [6.45, 7) is 0. The van der Waals surface area contributed by atoms with Crippen LogP contribution < -0.4 is 5.43 Å². The van der Waals surface area contributed by atoms with Crippen molar-refractivity contribution in [1.82, 2.24) is 15.4 Å². The van der Waals surface area contributed by atoms with Crippen LogP contribution in [0.1, 0.15) is 33.3 Å². The number of hydrazine groups is 1. The summed E-state index contributed by atoms with van der Waals surface area (Å²) in [5.41, 5.74) is 5.23. The summed E-state index contributed by atoms with van der Waals surface area (Å²) in [6, 6.07) is 11.3. The Bertz CT molecular complexity index is 1080. The fraction of sp³-hybridized carbons (Fsp3) is 0.250. The molecule has 1 saturated carbocycles. The molecule has 1 saturated heterocycles. The Kier molecular flexibility index (Phi) is 3.60. The van der Waals surface area contributed by atoms with Gasteiger partial charge in [0.1, 0.15) is 0 Å². The summed E-state index contributed by atoms with van der Waals surface area (Å²) in [5, 5.41) is 0.967. The number of amides is 3. The minimum Gasteiger partial charge on any atom is -0.272 e. The van der Waals surface area contributed by atoms with Crippen molar-refractivity contribution in [2.75, 3.05) is 0 Å². The van der Waals surface area contributed by atoms with E-state index in [0.29, 0.717) is 5.56 Å². The average Bonchev–Trinajstić information content (AvgIpc) is 3.05. The lowest BCUT2D eigenvalue weighted by molar-refractivity contribution is -0.142. The van der Waals surface area contributed by atoms with Crippen LogP contribution in [0.2, 0.25) is 0 Å². The molecule has 5 aliphatic rings. The molecular formula is C24H19N3O3. The summed E-state index contributed by atoms with van der Waals surface area (Å²) < 4.78 is 0. The predicted molar refractivity (Wildman–Crippen MR) is 108 cm³/mol. The molecule has 0 radical (unpaired) electrons. The van der Waals surface area contributed by atoms with Crippen LogP contribution in [0.15, 0.2) is 73.1 Å². The summed E-state index contributed by atoms with van der Waals surface area (Å²) in [7, 11) is 0. The van der Waals surface area contributed by atoms with Crippen molar-refractivity contribution in [2.24, 2.45) is 23.7 Å². The highest BCUT2D eigenvalue weighted by molar-refractivity contribution is 6.09. The first-order chi connectivity index (χ1) is 14.7. The zero-order valence-corrected chi connectivity index (χ0v) is 16.0. The zero-order valence-electron chi connectivity index (χ0n) is 16.0. The number of imide groups is 1. The summed E-state index contributed by atoms with van der Waals surface area (Å²) in [5.74, 6) is -1.77. The SMILES string of the molecule is O=C(NN1C(=O)[C@@H]2[C@H](C1=O)[C@H]1c3ccccc3[C@H]2[C@@H]2C=CC=C[C@@H]21)c1ccncc1. The highest BCUT2D eigenvalue weighted by Gasteiger charge is 2.65. The molecule has 1 aromatic carbocycles. The van der Waals surface area contributed by atoms with E-state index in [-0.39, 0.29) is 35.5 Å². The molecule has 1 N–H and O–H groups in total. The number of nitrogens with zero attached hydrogens (tertiary/aromatic N) is 2. The van der Waals surface area contributed by atoms with E-state index < -0.39 is 17.7 Å². The Morgan fingerprint density at radius 3 is 1.87 bits per heavy atom. The lowest BCUT2D eigenvalue weighted by Crippen LogP contribution is -2.49. The Morgan fingerprint density at radius 2 is 1.33 bits per heavy atom. The number of allylic oxidation sites excluding steroid dienone is 4. The second-order valence-corrected chi connectivity index (χ2v) is 8.35. The van der Waals surface area contributed by atoms with Crippen molar-refractivity contribution in [3.63, 3.8) is 0 Å². The van der Waals surface area contributed by atoms with E-state index in [9.17, 15) is 14.4 Å². The van der Waals surface area contributed by atoms with Gasteiger partial charge in [0.15, 0.2) is 0 Å². The third kappa shape index (κ3) is 2.19. The smallest absolute Gasteiger partial charge is 0.270 e. The number of rotatable bonds is 2. The highest BCUT2D eigenvalue weighted by atomic mass is 16.2. The lowest BCUT2D eigenvalue weighted by atomic mass is 9.48. The van der Waals surface area contributed by atoms with Gasteiger partial charge >= 0.3 is 0 Å². The number of benzene rings is 1. The zero-order chi connectivity index (χ0) is 20.4. The Balaban J connectivity index is 1.41. The first-order valence-electron chi connectivity index (χ1n) is 10.2. The normalized spacial score (nSPS) is 32.6. The van der Waals surface area contributed by atoms with Crippen LogP contribution in [0.3, 0.4) is 0 Å². The van der Waals surface area contributed by atoms with Gasteiger partial charge in [0.05, 0.1) is 11.8 Å². The average molecular weight is 397 g/mol. The van der Waals surface area contributed by atoms with E-state index in [1.807, 2.05) is 24.3 Å². The fourth-order valence-electron chi connectivity index (χ4n) is 6.01. The van der Waals surface area contributed by atoms with Crippen LogP contribution in [0.4, 0.5) is 0 Å². The maximum Gasteiger partial charge on any atom is 0.270 e. The van der Waals surface area contributed by atoms with E-state index in [0.717, 1.165) is 16.1 Å². The van der Waals surface area contributed by atoms with Crippen LogP contribution in [-0.2, 0) is 9.59 Å². The van der Waals surface area contributed by atoms with Crippen LogP contribution in [0.5, 0.6) is 0 Å². The standard InChI is InChI=1S/C24H19N3O3/c28-22(13-9-11-25-12-10-13)26-27-23(29)20-18-14-5-1-2-6-15(14)19(21(20)24(27)30)17-8-4-3-7-16(17)18/h1-12,14-15,18-21H,(H,26,28)/t14-,15+,18-,19-,20+,21-/m1/s1. The largest absolute Gasteiger partial charge is 0.272 e. The number of hydrogen-bond donors (Lipinski definition) is 1. The molecule has 6 heteroatoms. The van der Waals surface area contributed by atoms with Crippen LogP contribution >= 0.6 is 0 Å². The minimum absolute atomic E-state index is 0.0679. The highest BCUT2D eigenvalue weighted by Crippen LogP contribution is 2.64. The molecule has 6 atom stereocenters. The van der Waals surface area contributed by atoms with Crippen molar-refractivity contribution >= 4 is 17.7 Å². The number of hydrogen-bond acceptors (Lipinski definition) is 4. The maximum absolute atomic E-state index is 13.4. The molecular weight excluding hydrogens is 378 g/mol. The number of carbonyl (C=O) groups is 3. The lowest BCUT2D eigenvalue weighted by Gasteiger charge is -2.53. The Labute approximate surface area is 173 Å². The Hall–Kier alpha value is -3.54. The molecule has 0 spiro atoms. The molecule has 30 heavy (non-hydrogen) atoms. The van der Waals surface area contributed by atoms with Crippen LogP contribution in [-0.4, -0.2) is 27.7 Å². The van der Waals surface area contributed by atoms with Gasteiger partial charge in [0.25, 0.3) is 17.7 Å². The van der Waals surface area contributed by atoms with Gasteiger partial charge in [-0.2, -0.15) is 5.01 Å². The molecule has 148 valence electrons. The van der Waals surface area contributed by atoms with Crippen molar-refractivity contribution in [2.45, 2.75) is 11.8 Å². The number of aromatic nitrogens is 1. The molecule has 1 aromatic heterocycles. The molecule has 0 unspecified atom stereocenters. The number of nitrogens with one attached hydrogen (secondary N) is 1. The monoisotopic (exact) mass is 397 g/mol. The van der Waals surface area contributed by atoms with Crippen LogP contribution in [0, 0.1) is 23.7 Å². The van der Waals surface area contributed by atoms with Gasteiger partial charge in [0.2, 0.25) is 0 Å². The van der Waals surface area contributed by atoms with E-state index in [2.05, 4.69) is 34.7 Å². The molecule has 3 amide bonds. The number of pyridine rings is 1. The van der Waals surface area contributed by atoms with Gasteiger partial charge in [-0.3, -0.25) is 24.8 Å². The first-order valence-corrected chi connectivity index (χ1v) is 10.2. The predicted octanol–water partition coefficient (Wildman–Crippen LogP) is 2.58. The first kappa shape index (κ1) is 17.3. The molecule has 7 rings (SSSR count). The van der Waals surface area contributed by atoms with Crippen LogP contribution in [0.25, 0.3) is 0 Å². The molecule has 6 nitrogen and oxygen atoms in total. The molecule has 4 aliphatic carbocycles. The summed E-state index contributed by atoms with van der Waals surface area (Å²) in [6.07, 6.45) is 11.4. The van der Waals surface area contributed by atoms with E-state index >= 15 is 0 Å². The molecule has 2 aromatic rings. The summed E-state index contributed by atoms with van der Waals surface area (Å²) in [4.78, 5) is 43.4. The quantitative estimate of drug-likeness (QED) is 0.790. The van der Waals surface area contributed by atoms with Gasteiger partial charge in [-0.15, -0.1) is 0 Å². The molecule has 2 fully saturated rings. The van der Waals surface area contributed by atoms with E-state index in [4.69, 9.17) is 0 Å². The third-order valence-electron chi connectivity index (χ3n) is 7.09. The molecule has 1 aliphatic heterocycles. The second kappa shape index (κ2) is 6.23. The van der Waals surface area contributed by atoms with Gasteiger partial charge in [0, 0.05) is 29.8 Å². The van der Waals surface area contributed by atoms with Gasteiger partial charge < -0.3 is 0 Å². The number of carbonyl (C=O) groups excluding carboxylic acids is 3. The third-order valence-corrected chi connectivity index (χ3v) is 7.09. The second-order valence-electron chi connectivity index (χ2n) is 8.35. The van der Waals surface area contributed by atoms with Gasteiger partial charge in [-0.1, -0.05) is 48.6 Å². The minimum atomic E-state index is -0.486. The van der Waals surface area contributed by atoms with Gasteiger partial charge in [-0.05, 0) is 35.1 Å². The molecule has 2 heterocycles. The van der Waals surface area contributed by atoms with Crippen molar-refractivity contribution in [1.29, 1.82) is 0 Å².